The molecule has 1 saturated carbocycles. The van der Waals surface area contributed by atoms with E-state index in [9.17, 15) is 20.0 Å². The zero-order valence-electron chi connectivity index (χ0n) is 13.0. The number of nitro benzene ring substituents is 1. The van der Waals surface area contributed by atoms with E-state index in [1.165, 1.54) is 6.07 Å². The van der Waals surface area contributed by atoms with E-state index < -0.39 is 16.9 Å². The molecular weight excluding hydrogens is 308 g/mol. The molecule has 1 amide bonds. The fraction of sp³-hybridized carbons (Fsp3) is 0.278. The second kappa shape index (κ2) is 6.80. The lowest BCUT2D eigenvalue weighted by Gasteiger charge is -2.25. The molecule has 1 aliphatic carbocycles. The molecule has 0 heterocycles. The van der Waals surface area contributed by atoms with Gasteiger partial charge in [-0.1, -0.05) is 48.5 Å². The standard InChI is InChI=1S/C18H18N2O4/c21-17(13-6-2-1-3-7-13)18(22)19(15-10-11-15)12-14-8-4-5-9-16(14)20(23)24/h1-9,15,17,21H,10-12H2. The molecule has 6 nitrogen and oxygen atoms in total. The Morgan fingerprint density at radius 1 is 1.17 bits per heavy atom. The Labute approximate surface area is 139 Å². The normalized spacial score (nSPS) is 14.9. The first-order valence-corrected chi connectivity index (χ1v) is 7.83. The van der Waals surface area contributed by atoms with Gasteiger partial charge in [-0.05, 0) is 18.4 Å². The largest absolute Gasteiger partial charge is 0.378 e. The maximum absolute atomic E-state index is 12.7. The fourth-order valence-corrected chi connectivity index (χ4v) is 2.71. The van der Waals surface area contributed by atoms with Gasteiger partial charge in [-0.2, -0.15) is 0 Å². The first kappa shape index (κ1) is 16.1. The molecule has 2 aromatic carbocycles. The van der Waals surface area contributed by atoms with Crippen LogP contribution in [0.2, 0.25) is 0 Å². The van der Waals surface area contributed by atoms with Crippen LogP contribution in [-0.2, 0) is 11.3 Å². The van der Waals surface area contributed by atoms with Crippen molar-refractivity contribution in [1.82, 2.24) is 4.90 Å². The summed E-state index contributed by atoms with van der Waals surface area (Å²) in [7, 11) is 0. The number of carbonyl (C=O) groups is 1. The third-order valence-corrected chi connectivity index (χ3v) is 4.15. The van der Waals surface area contributed by atoms with Crippen LogP contribution in [0.15, 0.2) is 54.6 Å². The van der Waals surface area contributed by atoms with Crippen LogP contribution < -0.4 is 0 Å². The Morgan fingerprint density at radius 2 is 1.79 bits per heavy atom. The lowest BCUT2D eigenvalue weighted by atomic mass is 10.1. The number of rotatable bonds is 6. The molecule has 1 atom stereocenters. The third kappa shape index (κ3) is 3.44. The Kier molecular flexibility index (Phi) is 4.57. The van der Waals surface area contributed by atoms with E-state index in [2.05, 4.69) is 0 Å². The molecule has 24 heavy (non-hydrogen) atoms. The van der Waals surface area contributed by atoms with Crippen LogP contribution in [-0.4, -0.2) is 26.9 Å². The molecule has 6 heteroatoms. The zero-order chi connectivity index (χ0) is 17.1. The Bertz CT molecular complexity index is 744. The van der Waals surface area contributed by atoms with Crippen molar-refractivity contribution in [3.05, 3.63) is 75.8 Å². The van der Waals surface area contributed by atoms with Gasteiger partial charge in [-0.25, -0.2) is 0 Å². The molecule has 2 aromatic rings. The molecule has 0 aromatic heterocycles. The molecule has 3 rings (SSSR count). The molecular formula is C18H18N2O4. The lowest BCUT2D eigenvalue weighted by Crippen LogP contribution is -2.36. The molecule has 1 fully saturated rings. The number of amides is 1. The van der Waals surface area contributed by atoms with Gasteiger partial charge >= 0.3 is 0 Å². The summed E-state index contributed by atoms with van der Waals surface area (Å²) in [5.74, 6) is -0.415. The summed E-state index contributed by atoms with van der Waals surface area (Å²) in [5, 5.41) is 21.5. The summed E-state index contributed by atoms with van der Waals surface area (Å²) < 4.78 is 0. The number of hydrogen-bond donors (Lipinski definition) is 1. The molecule has 1 unspecified atom stereocenters. The van der Waals surface area contributed by atoms with E-state index in [4.69, 9.17) is 0 Å². The van der Waals surface area contributed by atoms with Gasteiger partial charge in [0.05, 0.1) is 11.5 Å². The highest BCUT2D eigenvalue weighted by molar-refractivity contribution is 5.82. The van der Waals surface area contributed by atoms with Gasteiger partial charge in [0.1, 0.15) is 0 Å². The van der Waals surface area contributed by atoms with Crippen molar-refractivity contribution in [1.29, 1.82) is 0 Å². The maximum Gasteiger partial charge on any atom is 0.274 e. The molecule has 0 aliphatic heterocycles. The number of carbonyl (C=O) groups excluding carboxylic acids is 1. The monoisotopic (exact) mass is 326 g/mol. The highest BCUT2D eigenvalue weighted by Crippen LogP contribution is 2.32. The lowest BCUT2D eigenvalue weighted by molar-refractivity contribution is -0.385. The van der Waals surface area contributed by atoms with Crippen molar-refractivity contribution in [3.8, 4) is 0 Å². The number of aliphatic hydroxyl groups excluding tert-OH is 1. The molecule has 124 valence electrons. The van der Waals surface area contributed by atoms with E-state index in [0.29, 0.717) is 11.1 Å². The van der Waals surface area contributed by atoms with Crippen molar-refractivity contribution >= 4 is 11.6 Å². The average Bonchev–Trinajstić information content (AvgIpc) is 3.44. The first-order valence-electron chi connectivity index (χ1n) is 7.83. The Balaban J connectivity index is 1.83. The number of aliphatic hydroxyl groups is 1. The van der Waals surface area contributed by atoms with Crippen LogP contribution in [0.3, 0.4) is 0 Å². The highest BCUT2D eigenvalue weighted by atomic mass is 16.6. The summed E-state index contributed by atoms with van der Waals surface area (Å²) in [6.45, 7) is 0.130. The number of benzene rings is 2. The third-order valence-electron chi connectivity index (χ3n) is 4.15. The SMILES string of the molecule is O=C(C(O)c1ccccc1)N(Cc1ccccc1[N+](=O)[O-])C1CC1. The predicted molar refractivity (Wildman–Crippen MR) is 88.1 cm³/mol. The van der Waals surface area contributed by atoms with E-state index in [0.717, 1.165) is 12.8 Å². The summed E-state index contributed by atoms with van der Waals surface area (Å²) in [6, 6.07) is 15.1. The number of hydrogen-bond acceptors (Lipinski definition) is 4. The second-order valence-electron chi connectivity index (χ2n) is 5.90. The van der Waals surface area contributed by atoms with Gasteiger partial charge < -0.3 is 10.0 Å². The van der Waals surface area contributed by atoms with E-state index in [-0.39, 0.29) is 18.3 Å². The average molecular weight is 326 g/mol. The van der Waals surface area contributed by atoms with Crippen LogP contribution in [0.25, 0.3) is 0 Å². The molecule has 0 bridgehead atoms. The number of nitrogens with zero attached hydrogens (tertiary/aromatic N) is 2. The highest BCUT2D eigenvalue weighted by Gasteiger charge is 2.36. The Morgan fingerprint density at radius 3 is 2.42 bits per heavy atom. The Hall–Kier alpha value is -2.73. The number of para-hydroxylation sites is 1. The van der Waals surface area contributed by atoms with Crippen LogP contribution >= 0.6 is 0 Å². The van der Waals surface area contributed by atoms with Crippen molar-refractivity contribution in [2.45, 2.75) is 31.5 Å². The van der Waals surface area contributed by atoms with Crippen LogP contribution in [0.5, 0.6) is 0 Å². The summed E-state index contributed by atoms with van der Waals surface area (Å²) in [6.07, 6.45) is 0.455. The zero-order valence-corrected chi connectivity index (χ0v) is 13.0. The van der Waals surface area contributed by atoms with Gasteiger partial charge in [0.15, 0.2) is 6.10 Å². The van der Waals surface area contributed by atoms with Gasteiger partial charge in [0.25, 0.3) is 11.6 Å². The summed E-state index contributed by atoms with van der Waals surface area (Å²) >= 11 is 0. The van der Waals surface area contributed by atoms with Crippen molar-refractivity contribution in [2.75, 3.05) is 0 Å². The summed E-state index contributed by atoms with van der Waals surface area (Å²) in [5.41, 5.74) is 0.990. The minimum atomic E-state index is -1.26. The van der Waals surface area contributed by atoms with Gasteiger partial charge in [-0.3, -0.25) is 14.9 Å². The second-order valence-corrected chi connectivity index (χ2v) is 5.90. The fourth-order valence-electron chi connectivity index (χ4n) is 2.71. The van der Waals surface area contributed by atoms with Crippen LogP contribution in [0.4, 0.5) is 5.69 Å². The molecule has 0 radical (unpaired) electrons. The van der Waals surface area contributed by atoms with E-state index in [1.807, 2.05) is 6.07 Å². The minimum absolute atomic E-state index is 0.00912. The van der Waals surface area contributed by atoms with Crippen LogP contribution in [0, 0.1) is 10.1 Å². The topological polar surface area (TPSA) is 83.7 Å². The minimum Gasteiger partial charge on any atom is -0.378 e. The first-order chi connectivity index (χ1) is 11.6. The predicted octanol–water partition coefficient (Wildman–Crippen LogP) is 2.82. The molecule has 0 spiro atoms. The summed E-state index contributed by atoms with van der Waals surface area (Å²) in [4.78, 5) is 25.0. The van der Waals surface area contributed by atoms with Crippen molar-refractivity contribution < 1.29 is 14.8 Å². The number of nitro groups is 1. The quantitative estimate of drug-likeness (QED) is 0.653. The van der Waals surface area contributed by atoms with Gasteiger partial charge in [-0.15, -0.1) is 0 Å². The maximum atomic E-state index is 12.7. The van der Waals surface area contributed by atoms with Crippen molar-refractivity contribution in [2.24, 2.45) is 0 Å². The smallest absolute Gasteiger partial charge is 0.274 e. The van der Waals surface area contributed by atoms with Crippen LogP contribution in [0.1, 0.15) is 30.1 Å². The van der Waals surface area contributed by atoms with E-state index >= 15 is 0 Å². The van der Waals surface area contributed by atoms with Gasteiger partial charge in [0.2, 0.25) is 0 Å². The molecule has 0 saturated heterocycles. The molecule has 1 aliphatic rings. The molecule has 1 N–H and O–H groups in total. The van der Waals surface area contributed by atoms with Gasteiger partial charge in [0, 0.05) is 17.7 Å². The van der Waals surface area contributed by atoms with E-state index in [1.54, 1.807) is 47.4 Å². The van der Waals surface area contributed by atoms with Crippen molar-refractivity contribution in [3.63, 3.8) is 0 Å².